The minimum atomic E-state index is -3.83. The van der Waals surface area contributed by atoms with Gasteiger partial charge in [-0.15, -0.1) is 0 Å². The van der Waals surface area contributed by atoms with E-state index in [9.17, 15) is 13.2 Å². The molecule has 0 aliphatic carbocycles. The SMILES string of the molecule is C=CC(=O)N1CC2(CCN(C3=C(S(C)(=O)=O)CN(c4c(C)ccnc4C(C)C)c4c3cc(Cl)c(-c3c(N)cccc3F)c4F)CC2)C1. The van der Waals surface area contributed by atoms with Crippen molar-refractivity contribution in [1.29, 1.82) is 0 Å². The summed E-state index contributed by atoms with van der Waals surface area (Å²) in [4.78, 5) is 22.3. The van der Waals surface area contributed by atoms with Gasteiger partial charge in [-0.1, -0.05) is 38.1 Å². The minimum absolute atomic E-state index is 0.0203. The highest BCUT2D eigenvalue weighted by Gasteiger charge is 2.48. The Hall–Kier alpha value is -3.96. The van der Waals surface area contributed by atoms with Gasteiger partial charge in [0.1, 0.15) is 5.82 Å². The first-order valence-corrected chi connectivity index (χ1v) is 17.8. The quantitative estimate of drug-likeness (QED) is 0.229. The molecule has 0 atom stereocenters. The van der Waals surface area contributed by atoms with Crippen LogP contribution in [0.3, 0.4) is 0 Å². The number of sulfone groups is 1. The Labute approximate surface area is 279 Å². The van der Waals surface area contributed by atoms with E-state index in [1.54, 1.807) is 22.1 Å². The molecule has 8 nitrogen and oxygen atoms in total. The molecule has 47 heavy (non-hydrogen) atoms. The Morgan fingerprint density at radius 3 is 2.40 bits per heavy atom. The Balaban J connectivity index is 1.57. The van der Waals surface area contributed by atoms with Gasteiger partial charge in [0, 0.05) is 66.4 Å². The lowest BCUT2D eigenvalue weighted by molar-refractivity contribution is -0.140. The fourth-order valence-electron chi connectivity index (χ4n) is 7.28. The zero-order chi connectivity index (χ0) is 34.0. The topological polar surface area (TPSA) is 99.8 Å². The van der Waals surface area contributed by atoms with Crippen molar-refractivity contribution in [3.8, 4) is 11.1 Å². The molecule has 0 radical (unpaired) electrons. The molecule has 2 fully saturated rings. The Kier molecular flexibility index (Phi) is 8.37. The maximum atomic E-state index is 17.4. The zero-order valence-corrected chi connectivity index (χ0v) is 28.5. The number of benzene rings is 2. The van der Waals surface area contributed by atoms with Crippen LogP contribution in [0.4, 0.5) is 25.8 Å². The number of aromatic nitrogens is 1. The lowest BCUT2D eigenvalue weighted by Crippen LogP contribution is -2.61. The molecule has 0 bridgehead atoms. The Morgan fingerprint density at radius 1 is 1.13 bits per heavy atom. The van der Waals surface area contributed by atoms with E-state index in [4.69, 9.17) is 17.3 Å². The van der Waals surface area contributed by atoms with Crippen LogP contribution >= 0.6 is 11.6 Å². The van der Waals surface area contributed by atoms with Crippen LogP contribution in [-0.2, 0) is 14.6 Å². The highest BCUT2D eigenvalue weighted by Crippen LogP contribution is 2.52. The lowest BCUT2D eigenvalue weighted by atomic mass is 9.71. The molecule has 1 amide bonds. The van der Waals surface area contributed by atoms with Crippen LogP contribution in [0, 0.1) is 24.0 Å². The summed E-state index contributed by atoms with van der Waals surface area (Å²) in [5.74, 6) is -1.72. The summed E-state index contributed by atoms with van der Waals surface area (Å²) in [5, 5.41) is -0.0942. The molecule has 4 heterocycles. The maximum absolute atomic E-state index is 17.4. The summed E-state index contributed by atoms with van der Waals surface area (Å²) < 4.78 is 60.0. The first kappa shape index (κ1) is 33.0. The Bertz CT molecular complexity index is 1930. The number of carbonyl (C=O) groups excluding carboxylic acids is 1. The average Bonchev–Trinajstić information content (AvgIpc) is 2.99. The average molecular weight is 682 g/mol. The third-order valence-electron chi connectivity index (χ3n) is 9.68. The number of pyridine rings is 1. The van der Waals surface area contributed by atoms with Gasteiger partial charge in [0.05, 0.1) is 39.2 Å². The molecule has 12 heteroatoms. The number of nitrogens with zero attached hydrogens (tertiary/aromatic N) is 4. The molecular formula is C35H38ClF2N5O3S. The van der Waals surface area contributed by atoms with Gasteiger partial charge in [-0.25, -0.2) is 17.2 Å². The van der Waals surface area contributed by atoms with Gasteiger partial charge in [0.25, 0.3) is 0 Å². The van der Waals surface area contributed by atoms with Gasteiger partial charge in [-0.05, 0) is 61.6 Å². The Morgan fingerprint density at radius 2 is 1.81 bits per heavy atom. The molecule has 3 aromatic rings. The van der Waals surface area contributed by atoms with E-state index in [2.05, 4.69) is 11.6 Å². The summed E-state index contributed by atoms with van der Waals surface area (Å²) in [7, 11) is -3.83. The number of hydrogen-bond acceptors (Lipinski definition) is 7. The lowest BCUT2D eigenvalue weighted by Gasteiger charge is -2.54. The molecule has 248 valence electrons. The van der Waals surface area contributed by atoms with E-state index in [0.29, 0.717) is 61.7 Å². The first-order chi connectivity index (χ1) is 22.2. The number of aryl methyl sites for hydroxylation is 1. The smallest absolute Gasteiger partial charge is 0.245 e. The van der Waals surface area contributed by atoms with Gasteiger partial charge in [-0.2, -0.15) is 0 Å². The van der Waals surface area contributed by atoms with Crippen LogP contribution in [0.1, 0.15) is 49.4 Å². The molecule has 3 aliphatic rings. The number of likely N-dealkylation sites (tertiary alicyclic amines) is 2. The number of fused-ring (bicyclic) bond motifs is 1. The van der Waals surface area contributed by atoms with Crippen molar-refractivity contribution < 1.29 is 22.0 Å². The molecule has 1 spiro atoms. The van der Waals surface area contributed by atoms with E-state index in [1.165, 1.54) is 30.3 Å². The monoisotopic (exact) mass is 681 g/mol. The molecule has 2 aromatic carbocycles. The van der Waals surface area contributed by atoms with E-state index < -0.39 is 21.5 Å². The summed E-state index contributed by atoms with van der Waals surface area (Å²) in [5.41, 5.74) is 8.56. The van der Waals surface area contributed by atoms with Crippen molar-refractivity contribution in [1.82, 2.24) is 14.8 Å². The number of hydrogen-bond donors (Lipinski definition) is 1. The van der Waals surface area contributed by atoms with Crippen LogP contribution in [0.25, 0.3) is 16.8 Å². The van der Waals surface area contributed by atoms with E-state index >= 15 is 8.78 Å². The molecule has 1 aromatic heterocycles. The van der Waals surface area contributed by atoms with Crippen molar-refractivity contribution in [3.05, 3.63) is 87.6 Å². The number of carbonyl (C=O) groups is 1. The van der Waals surface area contributed by atoms with E-state index in [1.807, 2.05) is 25.7 Å². The predicted octanol–water partition coefficient (Wildman–Crippen LogP) is 6.67. The molecule has 0 unspecified atom stereocenters. The summed E-state index contributed by atoms with van der Waals surface area (Å²) >= 11 is 6.83. The van der Waals surface area contributed by atoms with Crippen molar-refractivity contribution in [2.45, 2.75) is 39.5 Å². The summed E-state index contributed by atoms with van der Waals surface area (Å²) in [6.45, 7) is 11.4. The fourth-order valence-corrected chi connectivity index (χ4v) is 8.52. The molecule has 3 aliphatic heterocycles. The van der Waals surface area contributed by atoms with Crippen LogP contribution in [-0.4, -0.2) is 68.1 Å². The number of piperidine rings is 1. The molecular weight excluding hydrogens is 644 g/mol. The second kappa shape index (κ2) is 11.9. The van der Waals surface area contributed by atoms with E-state index in [0.717, 1.165) is 11.8 Å². The normalized spacial score (nSPS) is 17.7. The van der Waals surface area contributed by atoms with Crippen molar-refractivity contribution in [2.75, 3.05) is 49.6 Å². The number of rotatable bonds is 6. The van der Waals surface area contributed by atoms with Crippen molar-refractivity contribution in [3.63, 3.8) is 0 Å². The highest BCUT2D eigenvalue weighted by molar-refractivity contribution is 7.94. The van der Waals surface area contributed by atoms with Crippen LogP contribution in [0.15, 0.2) is 54.1 Å². The van der Waals surface area contributed by atoms with Crippen LogP contribution in [0.2, 0.25) is 5.02 Å². The third-order valence-corrected chi connectivity index (χ3v) is 11.2. The fraction of sp³-hybridized carbons (Fsp3) is 0.371. The van der Waals surface area contributed by atoms with Gasteiger partial charge in [0.15, 0.2) is 15.7 Å². The van der Waals surface area contributed by atoms with Crippen molar-refractivity contribution in [2.24, 2.45) is 5.41 Å². The van der Waals surface area contributed by atoms with Gasteiger partial charge in [0.2, 0.25) is 5.91 Å². The predicted molar refractivity (Wildman–Crippen MR) is 183 cm³/mol. The number of amides is 1. The third kappa shape index (κ3) is 5.57. The first-order valence-electron chi connectivity index (χ1n) is 15.6. The largest absolute Gasteiger partial charge is 0.398 e. The van der Waals surface area contributed by atoms with Crippen molar-refractivity contribution >= 4 is 50.1 Å². The molecule has 2 N–H and O–H groups in total. The standard InChI is InChI=1S/C35H38ClF2N5O3S/c1-6-27(44)42-18-35(19-42)11-14-41(15-12-35)33-22-16-23(36)28(29-24(37)8-7-9-25(29)39)30(38)34(22)43(17-26(33)47(5,45)46)32-21(4)10-13-40-31(32)20(2)3/h6-10,13,16,20H,1,11-12,14-15,17-19,39H2,2-5H3. The van der Waals surface area contributed by atoms with Crippen LogP contribution < -0.4 is 10.6 Å². The number of nitrogens with two attached hydrogens (primary N) is 1. The maximum Gasteiger partial charge on any atom is 0.245 e. The van der Waals surface area contributed by atoms with Crippen LogP contribution in [0.5, 0.6) is 0 Å². The molecule has 2 saturated heterocycles. The van der Waals surface area contributed by atoms with Gasteiger partial charge < -0.3 is 20.4 Å². The minimum Gasteiger partial charge on any atom is -0.398 e. The van der Waals surface area contributed by atoms with E-state index in [-0.39, 0.29) is 56.2 Å². The second-order valence-electron chi connectivity index (χ2n) is 13.2. The highest BCUT2D eigenvalue weighted by atomic mass is 35.5. The molecule has 0 saturated carbocycles. The molecule has 6 rings (SSSR count). The van der Waals surface area contributed by atoms with Gasteiger partial charge >= 0.3 is 0 Å². The summed E-state index contributed by atoms with van der Waals surface area (Å²) in [6, 6.07) is 7.45. The number of nitrogen functional groups attached to an aromatic ring is 1. The summed E-state index contributed by atoms with van der Waals surface area (Å²) in [6.07, 6.45) is 5.58. The zero-order valence-electron chi connectivity index (χ0n) is 26.9. The second-order valence-corrected chi connectivity index (χ2v) is 15.6. The van der Waals surface area contributed by atoms with Gasteiger partial charge in [-0.3, -0.25) is 9.78 Å². The number of halogens is 3. The number of anilines is 3.